The van der Waals surface area contributed by atoms with Crippen LogP contribution in [0.15, 0.2) is 24.0 Å². The van der Waals surface area contributed by atoms with Crippen molar-refractivity contribution in [2.45, 2.75) is 100 Å². The summed E-state index contributed by atoms with van der Waals surface area (Å²) in [6.45, 7) is 5.23. The highest BCUT2D eigenvalue weighted by Gasteiger charge is 2.89. The number of carbonyl (C=O) groups excluding carboxylic acids is 3. The lowest BCUT2D eigenvalue weighted by molar-refractivity contribution is -0.332. The zero-order chi connectivity index (χ0) is 35.0. The third kappa shape index (κ3) is 3.54. The van der Waals surface area contributed by atoms with E-state index in [2.05, 4.69) is 0 Å². The quantitative estimate of drug-likeness (QED) is 0.132. The second-order valence-corrected chi connectivity index (χ2v) is 15.0. The van der Waals surface area contributed by atoms with Crippen LogP contribution in [0.1, 0.15) is 40.5 Å². The molecule has 48 heavy (non-hydrogen) atoms. The summed E-state index contributed by atoms with van der Waals surface area (Å²) in [5.41, 5.74) is -11.8. The molecule has 0 unspecified atom stereocenters. The average Bonchev–Trinajstić information content (AvgIpc) is 3.82. The van der Waals surface area contributed by atoms with Crippen molar-refractivity contribution in [2.75, 3.05) is 27.4 Å². The van der Waals surface area contributed by atoms with Gasteiger partial charge in [0.25, 0.3) is 0 Å². The molecule has 7 rings (SSSR count). The van der Waals surface area contributed by atoms with Gasteiger partial charge in [0.1, 0.15) is 22.7 Å². The van der Waals surface area contributed by atoms with Gasteiger partial charge in [-0.3, -0.25) is 4.79 Å². The monoisotopic (exact) mass is 680 g/mol. The molecule has 3 saturated heterocycles. The smallest absolute Gasteiger partial charge is 0.335 e. The molecule has 4 aliphatic heterocycles. The fourth-order valence-electron chi connectivity index (χ4n) is 11.3. The highest BCUT2D eigenvalue weighted by molar-refractivity contribution is 5.88. The number of methoxy groups -OCH3 is 2. The molecule has 15 nitrogen and oxygen atoms in total. The van der Waals surface area contributed by atoms with E-state index in [1.807, 2.05) is 0 Å². The van der Waals surface area contributed by atoms with Crippen molar-refractivity contribution in [2.24, 2.45) is 34.0 Å². The Balaban J connectivity index is 1.50. The van der Waals surface area contributed by atoms with Gasteiger partial charge in [-0.1, -0.05) is 13.0 Å². The number of aliphatic hydroxyl groups excluding tert-OH is 2. The number of aliphatic hydroxyl groups is 5. The number of rotatable bonds is 5. The molecule has 3 saturated carbocycles. The number of esters is 3. The summed E-state index contributed by atoms with van der Waals surface area (Å²) in [6.07, 6.45) is -6.22. The van der Waals surface area contributed by atoms with Crippen molar-refractivity contribution in [1.82, 2.24) is 0 Å². The second kappa shape index (κ2) is 10.4. The predicted octanol–water partition coefficient (Wildman–Crippen LogP) is -1.14. The van der Waals surface area contributed by atoms with Crippen LogP contribution in [0.5, 0.6) is 0 Å². The summed E-state index contributed by atoms with van der Waals surface area (Å²) in [7, 11) is 2.30. The molecule has 16 atom stereocenters. The van der Waals surface area contributed by atoms with Crippen molar-refractivity contribution in [3.8, 4) is 0 Å². The van der Waals surface area contributed by atoms with Gasteiger partial charge < -0.3 is 58.7 Å². The summed E-state index contributed by atoms with van der Waals surface area (Å²) in [4.78, 5) is 40.9. The first kappa shape index (κ1) is 33.8. The van der Waals surface area contributed by atoms with E-state index in [1.54, 1.807) is 26.8 Å². The first-order chi connectivity index (χ1) is 22.5. The number of carbonyl (C=O) groups is 3. The van der Waals surface area contributed by atoms with Crippen molar-refractivity contribution < 1.29 is 73.1 Å². The summed E-state index contributed by atoms with van der Waals surface area (Å²) < 4.78 is 40.7. The van der Waals surface area contributed by atoms with E-state index in [-0.39, 0.29) is 18.4 Å². The van der Waals surface area contributed by atoms with Crippen LogP contribution < -0.4 is 0 Å². The third-order valence-electron chi connectivity index (χ3n) is 13.5. The second-order valence-electron chi connectivity index (χ2n) is 15.0. The van der Waals surface area contributed by atoms with Crippen LogP contribution >= 0.6 is 0 Å². The van der Waals surface area contributed by atoms with Crippen LogP contribution in [0.25, 0.3) is 0 Å². The van der Waals surface area contributed by atoms with Gasteiger partial charge in [-0.25, -0.2) is 9.59 Å². The predicted molar refractivity (Wildman–Crippen MR) is 157 cm³/mol. The molecule has 7 aliphatic rings. The lowest BCUT2D eigenvalue weighted by atomic mass is 9.37. The maximum absolute atomic E-state index is 13.8. The molecule has 0 radical (unpaired) electrons. The first-order valence-corrected chi connectivity index (χ1v) is 16.2. The van der Waals surface area contributed by atoms with Crippen LogP contribution in [-0.4, -0.2) is 131 Å². The molecule has 5 N–H and O–H groups in total. The van der Waals surface area contributed by atoms with E-state index in [1.165, 1.54) is 19.3 Å². The topological polar surface area (TPSA) is 217 Å². The molecular formula is C33H44O15. The van der Waals surface area contributed by atoms with Gasteiger partial charge in [-0.05, 0) is 33.3 Å². The number of allylic oxidation sites excluding steroid dienone is 1. The van der Waals surface area contributed by atoms with Crippen molar-refractivity contribution in [3.05, 3.63) is 24.0 Å². The van der Waals surface area contributed by atoms with E-state index in [0.29, 0.717) is 0 Å². The molecule has 3 aliphatic carbocycles. The number of fused-ring (bicyclic) bond motifs is 6. The highest BCUT2D eigenvalue weighted by Crippen LogP contribution is 2.76. The largest absolute Gasteiger partial charge is 0.469 e. The lowest BCUT2D eigenvalue weighted by Gasteiger charge is -2.67. The van der Waals surface area contributed by atoms with Gasteiger partial charge in [0.15, 0.2) is 11.7 Å². The molecule has 0 aromatic carbocycles. The molecule has 15 heteroatoms. The van der Waals surface area contributed by atoms with E-state index in [9.17, 15) is 39.9 Å². The Morgan fingerprint density at radius 1 is 0.979 bits per heavy atom. The lowest BCUT2D eigenvalue weighted by Crippen LogP contribution is -2.81. The maximum Gasteiger partial charge on any atom is 0.335 e. The highest BCUT2D eigenvalue weighted by atomic mass is 16.7. The molecule has 0 amide bonds. The fourth-order valence-corrected chi connectivity index (χ4v) is 11.3. The average molecular weight is 681 g/mol. The van der Waals surface area contributed by atoms with Gasteiger partial charge in [0, 0.05) is 35.2 Å². The summed E-state index contributed by atoms with van der Waals surface area (Å²) in [5.74, 6) is -6.07. The Morgan fingerprint density at radius 3 is 2.33 bits per heavy atom. The number of hydrogen-bond donors (Lipinski definition) is 5. The molecule has 2 bridgehead atoms. The fraction of sp³-hybridized carbons (Fsp3) is 0.788. The van der Waals surface area contributed by atoms with Crippen LogP contribution in [0, 0.1) is 34.0 Å². The van der Waals surface area contributed by atoms with Crippen molar-refractivity contribution in [1.29, 1.82) is 0 Å². The van der Waals surface area contributed by atoms with Crippen LogP contribution in [0.2, 0.25) is 0 Å². The Hall–Kier alpha value is -2.63. The van der Waals surface area contributed by atoms with E-state index >= 15 is 0 Å². The Labute approximate surface area is 276 Å². The minimum absolute atomic E-state index is 0.0797. The molecule has 0 spiro atoms. The number of hydrogen-bond acceptors (Lipinski definition) is 15. The minimum atomic E-state index is -2.49. The van der Waals surface area contributed by atoms with Gasteiger partial charge in [0.2, 0.25) is 6.29 Å². The maximum atomic E-state index is 13.8. The van der Waals surface area contributed by atoms with Crippen LogP contribution in [-0.2, 0) is 47.5 Å². The number of ether oxygens (including phenoxy) is 7. The molecule has 4 heterocycles. The third-order valence-corrected chi connectivity index (χ3v) is 13.5. The summed E-state index contributed by atoms with van der Waals surface area (Å²) in [6, 6.07) is 0. The first-order valence-electron chi connectivity index (χ1n) is 16.2. The molecule has 6 fully saturated rings. The van der Waals surface area contributed by atoms with Gasteiger partial charge in [-0.15, -0.1) is 0 Å². The van der Waals surface area contributed by atoms with Crippen molar-refractivity contribution in [3.63, 3.8) is 0 Å². The summed E-state index contributed by atoms with van der Waals surface area (Å²) >= 11 is 0. The Kier molecular flexibility index (Phi) is 7.37. The molecular weight excluding hydrogens is 636 g/mol. The summed E-state index contributed by atoms with van der Waals surface area (Å²) in [5, 5.41) is 62.0. The molecule has 0 aromatic rings. The van der Waals surface area contributed by atoms with Crippen LogP contribution in [0.3, 0.4) is 0 Å². The van der Waals surface area contributed by atoms with Gasteiger partial charge in [-0.2, -0.15) is 0 Å². The minimum Gasteiger partial charge on any atom is -0.469 e. The molecule has 266 valence electrons. The molecule has 0 aromatic heterocycles. The zero-order valence-corrected chi connectivity index (χ0v) is 27.7. The zero-order valence-electron chi connectivity index (χ0n) is 27.7. The Bertz CT molecular complexity index is 1480. The SMILES string of the molecule is C/C=C(\C)C(=O)O[C@H]1C[C@@H](O)[C@@]2(C(=O)OC)CO[C@H]3[C@@H](O)[C@]4([C@]5(O)[C@@H]6C[C@@H]([C@@]7(O)C=CO[C@H]7O6)[C@]5(C)O)CO[C@@H](C(=O)OC)[C@@H]4[C@]1(C)[C@@H]32. The van der Waals surface area contributed by atoms with Gasteiger partial charge >= 0.3 is 17.9 Å². The van der Waals surface area contributed by atoms with E-state index < -0.39 is 125 Å². The standard InChI is InChI=1S/C33H44O15/c1-7-14(2)24(36)47-17-11-16(34)30(26(38)43-6)12-45-19-21(30)28(17,3)22-20(25(37)42-5)46-13-31(22,23(19)35)33(41)18-10-15(29(33,4)39)32(40)8-9-44-27(32)48-18/h7-9,15-23,27,34-35,39-41H,10-13H2,1-6H3/b14-7+/t15-,16-,17+,18+,19-,20-,21-,22-,23-,27+,28+,29+,30+,31+,32+,33+/m1/s1. The normalized spacial score (nSPS) is 54.5. The van der Waals surface area contributed by atoms with Crippen LogP contribution in [0.4, 0.5) is 0 Å². The van der Waals surface area contributed by atoms with E-state index in [4.69, 9.17) is 33.2 Å². The van der Waals surface area contributed by atoms with E-state index in [0.717, 1.165) is 14.2 Å². The Morgan fingerprint density at radius 2 is 1.69 bits per heavy atom. The van der Waals surface area contributed by atoms with Gasteiger partial charge in [0.05, 0.1) is 63.5 Å². The van der Waals surface area contributed by atoms with Crippen molar-refractivity contribution >= 4 is 17.9 Å².